The predicted molar refractivity (Wildman–Crippen MR) is 72.4 cm³/mol. The minimum atomic E-state index is -0.233. The zero-order valence-corrected chi connectivity index (χ0v) is 10.7. The Labute approximate surface area is 107 Å². The smallest absolute Gasteiger partial charge is 0.235 e. The summed E-state index contributed by atoms with van der Waals surface area (Å²) in [5, 5.41) is 10.5. The average molecular weight is 248 g/mol. The largest absolute Gasteiger partial charge is 0.399 e. The molecule has 1 spiro atoms. The highest BCUT2D eigenvalue weighted by Gasteiger charge is 2.48. The van der Waals surface area contributed by atoms with Crippen LogP contribution in [0.5, 0.6) is 0 Å². The molecular formula is C14H20N2O2. The quantitative estimate of drug-likeness (QED) is 0.615. The topological polar surface area (TPSA) is 75.3 Å². The number of nitrogen functional groups attached to an aromatic ring is 1. The molecule has 0 unspecified atom stereocenters. The summed E-state index contributed by atoms with van der Waals surface area (Å²) in [4.78, 5) is 12.0. The number of aliphatic hydroxyl groups excluding tert-OH is 1. The van der Waals surface area contributed by atoms with Crippen molar-refractivity contribution < 1.29 is 9.90 Å². The molecule has 1 fully saturated rings. The van der Waals surface area contributed by atoms with Crippen LogP contribution in [0.25, 0.3) is 0 Å². The summed E-state index contributed by atoms with van der Waals surface area (Å²) in [7, 11) is 0. The van der Waals surface area contributed by atoms with Crippen molar-refractivity contribution in [3.8, 4) is 0 Å². The van der Waals surface area contributed by atoms with Crippen LogP contribution < -0.4 is 11.1 Å². The summed E-state index contributed by atoms with van der Waals surface area (Å²) in [6, 6.07) is 5.76. The maximum atomic E-state index is 12.0. The van der Waals surface area contributed by atoms with Crippen LogP contribution in [0, 0.1) is 0 Å². The molecule has 0 radical (unpaired) electrons. The second-order valence-corrected chi connectivity index (χ2v) is 4.86. The normalized spacial score (nSPS) is 19.1. The van der Waals surface area contributed by atoms with Gasteiger partial charge in [-0.15, -0.1) is 0 Å². The van der Waals surface area contributed by atoms with E-state index in [1.54, 1.807) is 6.92 Å². The van der Waals surface area contributed by atoms with Gasteiger partial charge in [-0.1, -0.05) is 18.9 Å². The van der Waals surface area contributed by atoms with Gasteiger partial charge in [-0.05, 0) is 37.5 Å². The summed E-state index contributed by atoms with van der Waals surface area (Å²) in [5.41, 5.74) is 8.26. The number of nitrogens with two attached hydrogens (primary N) is 1. The van der Waals surface area contributed by atoms with Crippen molar-refractivity contribution in [3.05, 3.63) is 23.8 Å². The Morgan fingerprint density at radius 3 is 2.61 bits per heavy atom. The number of hydrogen-bond acceptors (Lipinski definition) is 3. The highest BCUT2D eigenvalue weighted by atomic mass is 16.2. The van der Waals surface area contributed by atoms with Crippen LogP contribution in [0.3, 0.4) is 0 Å². The summed E-state index contributed by atoms with van der Waals surface area (Å²) in [5.74, 6) is 0.167. The third kappa shape index (κ3) is 1.97. The first-order valence-corrected chi connectivity index (χ1v) is 6.46. The fourth-order valence-corrected chi connectivity index (χ4v) is 2.92. The van der Waals surface area contributed by atoms with Crippen molar-refractivity contribution >= 4 is 17.3 Å². The van der Waals surface area contributed by atoms with Gasteiger partial charge in [0, 0.05) is 18.0 Å². The molecule has 1 aromatic carbocycles. The molecule has 0 bridgehead atoms. The van der Waals surface area contributed by atoms with E-state index in [1.165, 1.54) is 0 Å². The lowest BCUT2D eigenvalue weighted by molar-refractivity contribution is -0.120. The van der Waals surface area contributed by atoms with E-state index in [9.17, 15) is 4.79 Å². The van der Waals surface area contributed by atoms with Gasteiger partial charge in [-0.2, -0.15) is 0 Å². The lowest BCUT2D eigenvalue weighted by Gasteiger charge is -2.20. The molecule has 0 saturated heterocycles. The number of amides is 1. The van der Waals surface area contributed by atoms with E-state index in [4.69, 9.17) is 10.8 Å². The first-order valence-electron chi connectivity index (χ1n) is 6.46. The van der Waals surface area contributed by atoms with Crippen LogP contribution in [0.1, 0.15) is 38.2 Å². The predicted octanol–water partition coefficient (Wildman–Crippen LogP) is 2.03. The van der Waals surface area contributed by atoms with Crippen molar-refractivity contribution in [2.45, 2.75) is 38.0 Å². The molecule has 2 aliphatic rings. The van der Waals surface area contributed by atoms with Gasteiger partial charge in [-0.3, -0.25) is 4.79 Å². The van der Waals surface area contributed by atoms with Gasteiger partial charge in [-0.25, -0.2) is 0 Å². The SMILES string of the molecule is CCO.Nc1ccc2c(c1)NC(=O)C21CCCC1. The molecule has 1 aliphatic carbocycles. The molecule has 1 aromatic rings. The number of benzene rings is 1. The number of carbonyl (C=O) groups excluding carboxylic acids is 1. The molecule has 1 amide bonds. The molecule has 1 heterocycles. The first kappa shape index (κ1) is 12.9. The highest BCUT2D eigenvalue weighted by Crippen LogP contribution is 2.48. The molecule has 4 nitrogen and oxygen atoms in total. The van der Waals surface area contributed by atoms with Gasteiger partial charge in [0.15, 0.2) is 0 Å². The molecule has 1 saturated carbocycles. The first-order chi connectivity index (χ1) is 8.64. The fourth-order valence-electron chi connectivity index (χ4n) is 2.92. The van der Waals surface area contributed by atoms with Crippen molar-refractivity contribution in [3.63, 3.8) is 0 Å². The number of carbonyl (C=O) groups is 1. The minimum absolute atomic E-state index is 0.167. The van der Waals surface area contributed by atoms with Gasteiger partial charge < -0.3 is 16.2 Å². The number of aliphatic hydroxyl groups is 1. The molecular weight excluding hydrogens is 228 g/mol. The zero-order chi connectivity index (χ0) is 13.2. The standard InChI is InChI=1S/C12H14N2O.C2H6O/c13-8-3-4-9-10(7-8)14-11(15)12(9)5-1-2-6-12;1-2-3/h3-4,7H,1-2,5-6,13H2,(H,14,15);3H,2H2,1H3. The Bertz CT molecular complexity index is 451. The van der Waals surface area contributed by atoms with Crippen LogP contribution >= 0.6 is 0 Å². The summed E-state index contributed by atoms with van der Waals surface area (Å²) in [6.07, 6.45) is 4.26. The van der Waals surface area contributed by atoms with E-state index < -0.39 is 0 Å². The number of rotatable bonds is 0. The van der Waals surface area contributed by atoms with Crippen molar-refractivity contribution in [1.82, 2.24) is 0 Å². The van der Waals surface area contributed by atoms with Gasteiger partial charge in [0.05, 0.1) is 5.41 Å². The van der Waals surface area contributed by atoms with E-state index in [2.05, 4.69) is 5.32 Å². The van der Waals surface area contributed by atoms with Crippen LogP contribution in [0.15, 0.2) is 18.2 Å². The van der Waals surface area contributed by atoms with Crippen molar-refractivity contribution in [2.75, 3.05) is 17.7 Å². The number of nitrogens with one attached hydrogen (secondary N) is 1. The molecule has 0 atom stereocenters. The van der Waals surface area contributed by atoms with E-state index in [0.29, 0.717) is 5.69 Å². The second-order valence-electron chi connectivity index (χ2n) is 4.86. The fraction of sp³-hybridized carbons (Fsp3) is 0.500. The molecule has 98 valence electrons. The van der Waals surface area contributed by atoms with E-state index in [1.807, 2.05) is 18.2 Å². The Kier molecular flexibility index (Phi) is 3.57. The Hall–Kier alpha value is -1.55. The summed E-state index contributed by atoms with van der Waals surface area (Å²) < 4.78 is 0. The molecule has 4 heteroatoms. The van der Waals surface area contributed by atoms with Crippen molar-refractivity contribution in [1.29, 1.82) is 0 Å². The molecule has 0 aromatic heterocycles. The summed E-state index contributed by atoms with van der Waals surface area (Å²) in [6.45, 7) is 1.93. The maximum absolute atomic E-state index is 12.0. The minimum Gasteiger partial charge on any atom is -0.399 e. The Morgan fingerprint density at radius 1 is 1.39 bits per heavy atom. The molecule has 18 heavy (non-hydrogen) atoms. The maximum Gasteiger partial charge on any atom is 0.235 e. The monoisotopic (exact) mass is 248 g/mol. The number of anilines is 2. The van der Waals surface area contributed by atoms with Crippen LogP contribution in [0.4, 0.5) is 11.4 Å². The third-order valence-electron chi connectivity index (χ3n) is 3.70. The van der Waals surface area contributed by atoms with Gasteiger partial charge in [0.25, 0.3) is 0 Å². The zero-order valence-electron chi connectivity index (χ0n) is 10.7. The van der Waals surface area contributed by atoms with Gasteiger partial charge >= 0.3 is 0 Å². The van der Waals surface area contributed by atoms with Crippen LogP contribution in [-0.4, -0.2) is 17.6 Å². The van der Waals surface area contributed by atoms with E-state index >= 15 is 0 Å². The number of fused-ring (bicyclic) bond motifs is 2. The van der Waals surface area contributed by atoms with Crippen LogP contribution in [-0.2, 0) is 10.2 Å². The van der Waals surface area contributed by atoms with Gasteiger partial charge in [0.2, 0.25) is 5.91 Å². The highest BCUT2D eigenvalue weighted by molar-refractivity contribution is 6.06. The lowest BCUT2D eigenvalue weighted by atomic mass is 9.80. The van der Waals surface area contributed by atoms with Crippen LogP contribution in [0.2, 0.25) is 0 Å². The second kappa shape index (κ2) is 4.98. The Balaban J connectivity index is 0.000000367. The lowest BCUT2D eigenvalue weighted by Crippen LogP contribution is -2.30. The third-order valence-corrected chi connectivity index (χ3v) is 3.70. The summed E-state index contributed by atoms with van der Waals surface area (Å²) >= 11 is 0. The Morgan fingerprint density at radius 2 is 2.00 bits per heavy atom. The molecule has 4 N–H and O–H groups in total. The van der Waals surface area contributed by atoms with E-state index in [0.717, 1.165) is 36.9 Å². The van der Waals surface area contributed by atoms with Gasteiger partial charge in [0.1, 0.15) is 0 Å². The average Bonchev–Trinajstić information content (AvgIpc) is 2.89. The van der Waals surface area contributed by atoms with E-state index in [-0.39, 0.29) is 17.9 Å². The molecule has 1 aliphatic heterocycles. The molecule has 3 rings (SSSR count). The van der Waals surface area contributed by atoms with Crippen molar-refractivity contribution in [2.24, 2.45) is 0 Å². The number of hydrogen-bond donors (Lipinski definition) is 3.